The standard InChI is InChI=1S/C8H6O4.C6H11N/c9-7(10)5-3-1-2-4-6(5)8(11)12;1-2-7-5-3-4-6-7/h1-4H,(H,9,10)(H,11,12);2H,1,3-6H2. The average molecular weight is 263 g/mol. The molecule has 1 heterocycles. The SMILES string of the molecule is C=CN1CCCC1.O=C(O)c1ccccc1C(=O)O. The highest BCUT2D eigenvalue weighted by Crippen LogP contribution is 2.08. The normalized spacial score (nSPS) is 13.4. The molecule has 0 radical (unpaired) electrons. The molecule has 1 aliphatic heterocycles. The number of hydrogen-bond donors (Lipinski definition) is 2. The molecule has 0 unspecified atom stereocenters. The lowest BCUT2D eigenvalue weighted by molar-refractivity contribution is 0.0651. The Bertz CT molecular complexity index is 431. The summed E-state index contributed by atoms with van der Waals surface area (Å²) in [6.07, 6.45) is 4.63. The van der Waals surface area contributed by atoms with Gasteiger partial charge in [-0.2, -0.15) is 0 Å². The number of rotatable bonds is 3. The molecular formula is C14H17NO4. The van der Waals surface area contributed by atoms with Crippen LogP contribution in [0.15, 0.2) is 37.0 Å². The summed E-state index contributed by atoms with van der Waals surface area (Å²) in [6.45, 7) is 6.12. The van der Waals surface area contributed by atoms with Crippen molar-refractivity contribution in [3.8, 4) is 0 Å². The van der Waals surface area contributed by atoms with E-state index in [0.717, 1.165) is 0 Å². The molecule has 19 heavy (non-hydrogen) atoms. The van der Waals surface area contributed by atoms with Gasteiger partial charge in [-0.05, 0) is 31.2 Å². The van der Waals surface area contributed by atoms with Gasteiger partial charge in [-0.1, -0.05) is 18.7 Å². The topological polar surface area (TPSA) is 77.8 Å². The van der Waals surface area contributed by atoms with Crippen molar-refractivity contribution < 1.29 is 19.8 Å². The third kappa shape index (κ3) is 4.46. The predicted octanol–water partition coefficient (Wildman–Crippen LogP) is 2.31. The summed E-state index contributed by atoms with van der Waals surface area (Å²) < 4.78 is 0. The van der Waals surface area contributed by atoms with Gasteiger partial charge < -0.3 is 15.1 Å². The number of benzene rings is 1. The maximum Gasteiger partial charge on any atom is 0.336 e. The van der Waals surface area contributed by atoms with Crippen LogP contribution in [0.3, 0.4) is 0 Å². The number of carboxylic acids is 2. The molecule has 1 aromatic rings. The summed E-state index contributed by atoms with van der Waals surface area (Å²) in [4.78, 5) is 23.2. The molecule has 0 atom stereocenters. The molecule has 1 aliphatic rings. The molecule has 0 bridgehead atoms. The van der Waals surface area contributed by atoms with Crippen molar-refractivity contribution in [2.45, 2.75) is 12.8 Å². The first-order valence-corrected chi connectivity index (χ1v) is 5.98. The van der Waals surface area contributed by atoms with E-state index in [-0.39, 0.29) is 11.1 Å². The lowest BCUT2D eigenvalue weighted by Gasteiger charge is -2.07. The van der Waals surface area contributed by atoms with Crippen molar-refractivity contribution in [2.24, 2.45) is 0 Å². The Morgan fingerprint density at radius 2 is 1.47 bits per heavy atom. The van der Waals surface area contributed by atoms with Crippen molar-refractivity contribution in [3.05, 3.63) is 48.2 Å². The Balaban J connectivity index is 0.000000218. The second kappa shape index (κ2) is 7.20. The molecule has 1 saturated heterocycles. The molecule has 0 amide bonds. The van der Waals surface area contributed by atoms with E-state index >= 15 is 0 Å². The highest BCUT2D eigenvalue weighted by molar-refractivity contribution is 6.01. The second-order valence-corrected chi connectivity index (χ2v) is 4.08. The van der Waals surface area contributed by atoms with Crippen LogP contribution < -0.4 is 0 Å². The van der Waals surface area contributed by atoms with E-state index in [1.807, 2.05) is 6.20 Å². The third-order valence-electron chi connectivity index (χ3n) is 2.79. The monoisotopic (exact) mass is 263 g/mol. The van der Waals surface area contributed by atoms with Crippen molar-refractivity contribution in [2.75, 3.05) is 13.1 Å². The lowest BCUT2D eigenvalue weighted by Crippen LogP contribution is -2.08. The summed E-state index contributed by atoms with van der Waals surface area (Å²) in [7, 11) is 0. The van der Waals surface area contributed by atoms with Crippen LogP contribution in [0, 0.1) is 0 Å². The maximum absolute atomic E-state index is 10.5. The van der Waals surface area contributed by atoms with Crippen molar-refractivity contribution in [1.29, 1.82) is 0 Å². The fourth-order valence-corrected chi connectivity index (χ4v) is 1.78. The molecule has 5 heteroatoms. The zero-order valence-corrected chi connectivity index (χ0v) is 10.6. The van der Waals surface area contributed by atoms with Gasteiger partial charge in [0, 0.05) is 13.1 Å². The van der Waals surface area contributed by atoms with Crippen LogP contribution >= 0.6 is 0 Å². The minimum Gasteiger partial charge on any atom is -0.478 e. The van der Waals surface area contributed by atoms with Crippen LogP contribution in [-0.2, 0) is 0 Å². The van der Waals surface area contributed by atoms with Gasteiger partial charge in [0.15, 0.2) is 0 Å². The van der Waals surface area contributed by atoms with Crippen LogP contribution in [-0.4, -0.2) is 40.1 Å². The molecule has 2 rings (SSSR count). The molecule has 2 N–H and O–H groups in total. The fourth-order valence-electron chi connectivity index (χ4n) is 1.78. The Hall–Kier alpha value is -2.30. The molecule has 0 aromatic heterocycles. The number of aromatic carboxylic acids is 2. The van der Waals surface area contributed by atoms with E-state index < -0.39 is 11.9 Å². The first-order chi connectivity index (χ1) is 9.06. The summed E-state index contributed by atoms with van der Waals surface area (Å²) in [5.74, 6) is -2.46. The van der Waals surface area contributed by atoms with Gasteiger partial charge in [0.25, 0.3) is 0 Å². The highest BCUT2D eigenvalue weighted by atomic mass is 16.4. The number of carbonyl (C=O) groups is 2. The van der Waals surface area contributed by atoms with Crippen LogP contribution in [0.5, 0.6) is 0 Å². The van der Waals surface area contributed by atoms with Crippen molar-refractivity contribution in [3.63, 3.8) is 0 Å². The van der Waals surface area contributed by atoms with E-state index in [1.54, 1.807) is 0 Å². The zero-order valence-electron chi connectivity index (χ0n) is 10.6. The quantitative estimate of drug-likeness (QED) is 0.875. The smallest absolute Gasteiger partial charge is 0.336 e. The molecule has 5 nitrogen and oxygen atoms in total. The summed E-state index contributed by atoms with van der Waals surface area (Å²) in [6, 6.07) is 5.48. The van der Waals surface area contributed by atoms with Gasteiger partial charge in [0.05, 0.1) is 11.1 Å². The van der Waals surface area contributed by atoms with Crippen LogP contribution in [0.25, 0.3) is 0 Å². The molecule has 0 saturated carbocycles. The summed E-state index contributed by atoms with van der Waals surface area (Å²) in [5, 5.41) is 17.1. The van der Waals surface area contributed by atoms with Gasteiger partial charge in [0.1, 0.15) is 0 Å². The fraction of sp³-hybridized carbons (Fsp3) is 0.286. The molecule has 1 fully saturated rings. The molecule has 102 valence electrons. The Kier molecular flexibility index (Phi) is 5.60. The third-order valence-corrected chi connectivity index (χ3v) is 2.79. The molecule has 0 spiro atoms. The second-order valence-electron chi connectivity index (χ2n) is 4.08. The summed E-state index contributed by atoms with van der Waals surface area (Å²) in [5.41, 5.74) is -0.380. The molecular weight excluding hydrogens is 246 g/mol. The largest absolute Gasteiger partial charge is 0.478 e. The first-order valence-electron chi connectivity index (χ1n) is 5.98. The Morgan fingerprint density at radius 3 is 1.74 bits per heavy atom. The summed E-state index contributed by atoms with van der Waals surface area (Å²) >= 11 is 0. The maximum atomic E-state index is 10.5. The molecule has 1 aromatic carbocycles. The zero-order chi connectivity index (χ0) is 14.3. The highest BCUT2D eigenvalue weighted by Gasteiger charge is 2.13. The van der Waals surface area contributed by atoms with Gasteiger partial charge in [-0.3, -0.25) is 0 Å². The number of hydrogen-bond acceptors (Lipinski definition) is 3. The van der Waals surface area contributed by atoms with Crippen LogP contribution in [0.4, 0.5) is 0 Å². The predicted molar refractivity (Wildman–Crippen MR) is 71.4 cm³/mol. The van der Waals surface area contributed by atoms with Gasteiger partial charge in [0.2, 0.25) is 0 Å². The first kappa shape index (κ1) is 14.8. The van der Waals surface area contributed by atoms with Gasteiger partial charge in [-0.15, -0.1) is 0 Å². The van der Waals surface area contributed by atoms with Crippen LogP contribution in [0.1, 0.15) is 33.6 Å². The molecule has 0 aliphatic carbocycles. The Labute approximate surface area is 111 Å². The van der Waals surface area contributed by atoms with Crippen molar-refractivity contribution >= 4 is 11.9 Å². The van der Waals surface area contributed by atoms with E-state index in [0.29, 0.717) is 0 Å². The van der Waals surface area contributed by atoms with E-state index in [4.69, 9.17) is 10.2 Å². The number of nitrogens with zero attached hydrogens (tertiary/aromatic N) is 1. The van der Waals surface area contributed by atoms with E-state index in [9.17, 15) is 9.59 Å². The lowest BCUT2D eigenvalue weighted by atomic mass is 10.1. The minimum atomic E-state index is -1.23. The van der Waals surface area contributed by atoms with Crippen LogP contribution in [0.2, 0.25) is 0 Å². The number of carboxylic acid groups (broad SMARTS) is 2. The van der Waals surface area contributed by atoms with E-state index in [2.05, 4.69) is 11.5 Å². The Morgan fingerprint density at radius 1 is 1.05 bits per heavy atom. The van der Waals surface area contributed by atoms with E-state index in [1.165, 1.54) is 50.2 Å². The number of likely N-dealkylation sites (tertiary alicyclic amines) is 1. The minimum absolute atomic E-state index is 0.190. The van der Waals surface area contributed by atoms with Crippen molar-refractivity contribution in [1.82, 2.24) is 4.90 Å². The van der Waals surface area contributed by atoms with Gasteiger partial charge >= 0.3 is 11.9 Å². The van der Waals surface area contributed by atoms with Gasteiger partial charge in [-0.25, -0.2) is 9.59 Å². The average Bonchev–Trinajstić information content (AvgIpc) is 2.92.